The number of hydrogen-bond acceptors (Lipinski definition) is 5. The highest BCUT2D eigenvalue weighted by molar-refractivity contribution is 7.46. The minimum absolute atomic E-state index is 0.0779. The maximum atomic E-state index is 10.8. The highest BCUT2D eigenvalue weighted by Crippen LogP contribution is 2.37. The zero-order chi connectivity index (χ0) is 16.6. The van der Waals surface area contributed by atoms with Crippen LogP contribution in [0.3, 0.4) is 0 Å². The van der Waals surface area contributed by atoms with E-state index in [1.807, 2.05) is 0 Å². The SMILES string of the molecule is Cc1ncc(COP(=O)(O)O)c(C=NCCCCC=[NH2+])c1O. The first-order valence-corrected chi connectivity index (χ1v) is 8.29. The molecule has 0 bridgehead atoms. The summed E-state index contributed by atoms with van der Waals surface area (Å²) in [6, 6.07) is 0. The molecular weight excluding hydrogens is 309 g/mol. The van der Waals surface area contributed by atoms with E-state index in [1.54, 1.807) is 13.1 Å². The highest BCUT2D eigenvalue weighted by Gasteiger charge is 2.17. The quantitative estimate of drug-likeness (QED) is 0.288. The Balaban J connectivity index is 2.81. The van der Waals surface area contributed by atoms with Crippen molar-refractivity contribution in [3.8, 4) is 5.75 Å². The van der Waals surface area contributed by atoms with Crippen molar-refractivity contribution in [2.75, 3.05) is 6.54 Å². The van der Waals surface area contributed by atoms with E-state index in [2.05, 4.69) is 14.5 Å². The van der Waals surface area contributed by atoms with Crippen LogP contribution in [0.5, 0.6) is 5.75 Å². The second-order valence-electron chi connectivity index (χ2n) is 4.66. The number of nitrogens with zero attached hydrogens (tertiary/aromatic N) is 2. The van der Waals surface area contributed by atoms with Gasteiger partial charge < -0.3 is 14.9 Å². The summed E-state index contributed by atoms with van der Waals surface area (Å²) in [5.41, 5.74) is 1.11. The Morgan fingerprint density at radius 2 is 2.18 bits per heavy atom. The van der Waals surface area contributed by atoms with Gasteiger partial charge in [-0.25, -0.2) is 4.57 Å². The summed E-state index contributed by atoms with van der Waals surface area (Å²) < 4.78 is 15.2. The van der Waals surface area contributed by atoms with E-state index < -0.39 is 7.82 Å². The van der Waals surface area contributed by atoms with Crippen LogP contribution >= 0.6 is 7.82 Å². The number of nitrogens with two attached hydrogens (primary N) is 1. The molecule has 9 heteroatoms. The number of unbranched alkanes of at least 4 members (excludes halogenated alkanes) is 2. The first kappa shape index (κ1) is 18.4. The molecule has 1 rings (SSSR count). The monoisotopic (exact) mass is 330 g/mol. The van der Waals surface area contributed by atoms with Gasteiger partial charge in [0.25, 0.3) is 0 Å². The predicted molar refractivity (Wildman–Crippen MR) is 81.8 cm³/mol. The Kier molecular flexibility index (Phi) is 7.34. The molecule has 0 amide bonds. The molecule has 0 unspecified atom stereocenters. The molecule has 0 radical (unpaired) electrons. The minimum Gasteiger partial charge on any atom is -0.505 e. The standard InChI is InChI=1S/C13H20N3O5P/c1-10-13(17)12(8-15-6-4-2-3-5-14)11(7-16-10)9-21-22(18,19)20/h5,7-8,14,17H,2-4,6,9H2,1H3,(H2,18,19,20)/p+1. The van der Waals surface area contributed by atoms with Gasteiger partial charge in [-0.2, -0.15) is 0 Å². The van der Waals surface area contributed by atoms with Gasteiger partial charge in [0, 0.05) is 36.5 Å². The Hall–Kier alpha value is -1.60. The second-order valence-corrected chi connectivity index (χ2v) is 5.90. The van der Waals surface area contributed by atoms with Crippen molar-refractivity contribution in [2.24, 2.45) is 4.99 Å². The van der Waals surface area contributed by atoms with Crippen LogP contribution in [0.15, 0.2) is 11.2 Å². The molecule has 0 aliphatic carbocycles. The van der Waals surface area contributed by atoms with Crippen molar-refractivity contribution in [1.29, 1.82) is 0 Å². The van der Waals surface area contributed by atoms with Gasteiger partial charge in [0.15, 0.2) is 0 Å². The van der Waals surface area contributed by atoms with Gasteiger partial charge in [0.2, 0.25) is 0 Å². The summed E-state index contributed by atoms with van der Waals surface area (Å²) in [5, 5.41) is 15.3. The van der Waals surface area contributed by atoms with Crippen molar-refractivity contribution < 1.29 is 29.4 Å². The summed E-state index contributed by atoms with van der Waals surface area (Å²) in [6.45, 7) is 1.82. The zero-order valence-electron chi connectivity index (χ0n) is 12.3. The van der Waals surface area contributed by atoms with Gasteiger partial charge in [-0.1, -0.05) is 0 Å². The number of rotatable bonds is 9. The van der Waals surface area contributed by atoms with Gasteiger partial charge in [-0.15, -0.1) is 0 Å². The lowest BCUT2D eigenvalue weighted by atomic mass is 10.1. The van der Waals surface area contributed by atoms with E-state index in [9.17, 15) is 9.67 Å². The lowest BCUT2D eigenvalue weighted by Gasteiger charge is -2.10. The summed E-state index contributed by atoms with van der Waals surface area (Å²) in [4.78, 5) is 25.6. The first-order chi connectivity index (χ1) is 10.3. The molecule has 0 aliphatic rings. The number of aliphatic imine (C=N–C) groups is 1. The molecule has 0 aliphatic heterocycles. The van der Waals surface area contributed by atoms with Gasteiger partial charge in [-0.3, -0.25) is 19.9 Å². The topological polar surface area (TPSA) is 138 Å². The summed E-state index contributed by atoms with van der Waals surface area (Å²) in [7, 11) is -4.59. The molecular formula is C13H21N3O5P+. The molecule has 0 fully saturated rings. The number of hydrogen-bond donors (Lipinski definition) is 4. The van der Waals surface area contributed by atoms with E-state index in [0.29, 0.717) is 23.4 Å². The minimum atomic E-state index is -4.59. The second kappa shape index (κ2) is 8.75. The normalized spacial score (nSPS) is 12.0. The summed E-state index contributed by atoms with van der Waals surface area (Å²) >= 11 is 0. The molecule has 0 aromatic carbocycles. The molecule has 5 N–H and O–H groups in total. The van der Waals surface area contributed by atoms with Crippen LogP contribution in [0, 0.1) is 6.92 Å². The van der Waals surface area contributed by atoms with Crippen LogP contribution < -0.4 is 5.41 Å². The molecule has 22 heavy (non-hydrogen) atoms. The lowest BCUT2D eigenvalue weighted by molar-refractivity contribution is -0.107. The van der Waals surface area contributed by atoms with Crippen molar-refractivity contribution in [1.82, 2.24) is 4.98 Å². The number of aromatic nitrogens is 1. The fraction of sp³-hybridized carbons (Fsp3) is 0.462. The van der Waals surface area contributed by atoms with Gasteiger partial charge in [-0.05, 0) is 19.8 Å². The Morgan fingerprint density at radius 1 is 1.45 bits per heavy atom. The highest BCUT2D eigenvalue weighted by atomic mass is 31.2. The van der Waals surface area contributed by atoms with E-state index in [0.717, 1.165) is 19.3 Å². The number of aryl methyl sites for hydroxylation is 1. The molecule has 0 saturated heterocycles. The van der Waals surface area contributed by atoms with E-state index in [-0.39, 0.29) is 12.4 Å². The summed E-state index contributed by atoms with van der Waals surface area (Å²) in [5.74, 6) is -0.0779. The van der Waals surface area contributed by atoms with Gasteiger partial charge in [0.1, 0.15) is 12.0 Å². The third kappa shape index (κ3) is 6.44. The third-order valence-corrected chi connectivity index (χ3v) is 3.34. The first-order valence-electron chi connectivity index (χ1n) is 6.76. The number of aromatic hydroxyl groups is 1. The van der Waals surface area contributed by atoms with Crippen LogP contribution in [0.25, 0.3) is 0 Å². The van der Waals surface area contributed by atoms with Crippen LogP contribution in [0.4, 0.5) is 0 Å². The summed E-state index contributed by atoms with van der Waals surface area (Å²) in [6.07, 6.45) is 7.05. The van der Waals surface area contributed by atoms with Crippen molar-refractivity contribution in [2.45, 2.75) is 32.8 Å². The average molecular weight is 330 g/mol. The molecule has 0 saturated carbocycles. The van der Waals surface area contributed by atoms with Crippen molar-refractivity contribution in [3.63, 3.8) is 0 Å². The fourth-order valence-corrected chi connectivity index (χ4v) is 1.99. The Labute approximate surface area is 128 Å². The van der Waals surface area contributed by atoms with Crippen molar-refractivity contribution >= 4 is 20.3 Å². The zero-order valence-corrected chi connectivity index (χ0v) is 13.2. The smallest absolute Gasteiger partial charge is 0.469 e. The van der Waals surface area contributed by atoms with Gasteiger partial charge in [0.05, 0.1) is 12.3 Å². The molecule has 122 valence electrons. The molecule has 0 atom stereocenters. The molecule has 1 aromatic rings. The number of phosphoric ester groups is 1. The van der Waals surface area contributed by atoms with E-state index in [4.69, 9.17) is 15.2 Å². The Morgan fingerprint density at radius 3 is 2.82 bits per heavy atom. The third-order valence-electron chi connectivity index (χ3n) is 2.87. The van der Waals surface area contributed by atoms with Crippen LogP contribution in [-0.2, 0) is 15.7 Å². The van der Waals surface area contributed by atoms with Crippen LogP contribution in [0.2, 0.25) is 0 Å². The molecule has 1 heterocycles. The molecule has 0 spiro atoms. The van der Waals surface area contributed by atoms with Crippen LogP contribution in [0.1, 0.15) is 36.1 Å². The molecule has 8 nitrogen and oxygen atoms in total. The lowest BCUT2D eigenvalue weighted by Crippen LogP contribution is -2.29. The number of pyridine rings is 1. The van der Waals surface area contributed by atoms with E-state index in [1.165, 1.54) is 12.4 Å². The Bertz CT molecular complexity index is 585. The van der Waals surface area contributed by atoms with Crippen molar-refractivity contribution in [3.05, 3.63) is 23.0 Å². The van der Waals surface area contributed by atoms with Gasteiger partial charge >= 0.3 is 7.82 Å². The maximum absolute atomic E-state index is 10.8. The largest absolute Gasteiger partial charge is 0.505 e. The van der Waals surface area contributed by atoms with E-state index >= 15 is 0 Å². The maximum Gasteiger partial charge on any atom is 0.469 e. The fourth-order valence-electron chi connectivity index (χ4n) is 1.69. The molecule has 1 aromatic heterocycles. The number of phosphoric acid groups is 1. The predicted octanol–water partition coefficient (Wildman–Crippen LogP) is 0.124. The average Bonchev–Trinajstić information content (AvgIpc) is 2.45. The van der Waals surface area contributed by atoms with Crippen LogP contribution in [-0.4, -0.2) is 38.9 Å².